The van der Waals surface area contributed by atoms with Crippen LogP contribution in [0.3, 0.4) is 0 Å². The van der Waals surface area contributed by atoms with Crippen LogP contribution in [0.1, 0.15) is 0 Å². The fourth-order valence-electron chi connectivity index (χ4n) is 0.247. The summed E-state index contributed by atoms with van der Waals surface area (Å²) in [5.41, 5.74) is 4.42. The lowest BCUT2D eigenvalue weighted by atomic mass is 10.8. The van der Waals surface area contributed by atoms with Gasteiger partial charge < -0.3 is 5.73 Å². The van der Waals surface area contributed by atoms with Crippen molar-refractivity contribution < 1.29 is 18.3 Å². The Balaban J connectivity index is 4.03. The number of nitrogens with two attached hydrogens (primary N) is 1. The summed E-state index contributed by atoms with van der Waals surface area (Å²) in [5.74, 6) is 0. The Morgan fingerprint density at radius 2 is 2.00 bits per heavy atom. The van der Waals surface area contributed by atoms with Gasteiger partial charge in [-0.05, 0) is 0 Å². The average Bonchev–Trinajstić information content (AvgIpc) is 1.84. The van der Waals surface area contributed by atoms with Crippen molar-refractivity contribution in [3.63, 3.8) is 0 Å². The van der Waals surface area contributed by atoms with Crippen LogP contribution < -0.4 is 10.5 Å². The summed E-state index contributed by atoms with van der Waals surface area (Å²) in [5, 5.41) is 8.25. The summed E-state index contributed by atoms with van der Waals surface area (Å²) in [4.78, 5) is 10.00. The zero-order chi connectivity index (χ0) is 8.20. The van der Waals surface area contributed by atoms with E-state index in [9.17, 15) is 18.3 Å². The van der Waals surface area contributed by atoms with Crippen LogP contribution in [0.2, 0.25) is 0 Å². The van der Waals surface area contributed by atoms with Gasteiger partial charge in [-0.1, -0.05) is 0 Å². The number of primary amides is 1. The van der Waals surface area contributed by atoms with Gasteiger partial charge in [0.2, 0.25) is 0 Å². The molecule has 0 spiro atoms. The molecule has 10 heavy (non-hydrogen) atoms. The Morgan fingerprint density at radius 1 is 1.50 bits per heavy atom. The molecular weight excluding hydrogens is 160 g/mol. The third kappa shape index (κ3) is 2.76. The Kier molecular flexibility index (Phi) is 3.26. The molecule has 0 aromatic carbocycles. The van der Waals surface area contributed by atoms with Crippen LogP contribution in [-0.2, 0) is 15.1 Å². The lowest BCUT2D eigenvalue weighted by Crippen LogP contribution is -2.35. The van der Waals surface area contributed by atoms with Crippen LogP contribution in [0.15, 0.2) is 0 Å². The molecule has 0 aliphatic rings. The molecule has 0 atom stereocenters. The first-order chi connectivity index (χ1) is 4.50. The van der Waals surface area contributed by atoms with Gasteiger partial charge in [0.25, 0.3) is 10.0 Å². The fourth-order valence-corrected chi connectivity index (χ4v) is 0.741. The minimum Gasteiger partial charge on any atom is -0.355 e. The van der Waals surface area contributed by atoms with Gasteiger partial charge >= 0.3 is 5.24 Å². The van der Waals surface area contributed by atoms with Crippen molar-refractivity contribution in [3.05, 3.63) is 0 Å². The maximum Gasteiger partial charge on any atom is 0.349 e. The first-order valence-electron chi connectivity index (χ1n) is 2.38. The second-order valence-electron chi connectivity index (χ2n) is 1.42. The van der Waals surface area contributed by atoms with E-state index >= 15 is 0 Å². The van der Waals surface area contributed by atoms with Gasteiger partial charge in [0.1, 0.15) is 0 Å². The fraction of sp³-hybridized carbons (Fsp3) is 0.667. The molecule has 1 amide bonds. The zero-order valence-electron chi connectivity index (χ0n) is 5.03. The molecule has 0 aromatic heterocycles. The monoisotopic (exact) mass is 167 g/mol. The van der Waals surface area contributed by atoms with Crippen molar-refractivity contribution in [1.82, 2.24) is 4.72 Å². The number of hydrogen-bond donors (Lipinski definition) is 2. The highest BCUT2D eigenvalue weighted by Gasteiger charge is 2.15. The second-order valence-corrected chi connectivity index (χ2v) is 3.12. The Bertz CT molecular complexity index is 209. The summed E-state index contributed by atoms with van der Waals surface area (Å²) in [6, 6.07) is 0. The molecule has 3 N–H and O–H groups in total. The van der Waals surface area contributed by atoms with E-state index in [1.54, 1.807) is 4.72 Å². The summed E-state index contributed by atoms with van der Waals surface area (Å²) in [6.07, 6.45) is 0. The molecule has 0 aliphatic heterocycles. The van der Waals surface area contributed by atoms with Crippen molar-refractivity contribution in [2.45, 2.75) is 0 Å². The first kappa shape index (κ1) is 9.34. The lowest BCUT2D eigenvalue weighted by Gasteiger charge is -1.97. The predicted molar refractivity (Wildman–Crippen MR) is 32.1 cm³/mol. The maximum absolute atomic E-state index is 10.4. The third-order valence-electron chi connectivity index (χ3n) is 0.659. The predicted octanol–water partition coefficient (Wildman–Crippen LogP) is -1.58. The smallest absolute Gasteiger partial charge is 0.349 e. The molecule has 0 heterocycles. The van der Waals surface area contributed by atoms with E-state index in [0.717, 1.165) is 0 Å². The Morgan fingerprint density at radius 3 is 2.30 bits per heavy atom. The van der Waals surface area contributed by atoms with Crippen molar-refractivity contribution >= 4 is 15.3 Å². The highest BCUT2D eigenvalue weighted by Crippen LogP contribution is 1.80. The molecule has 0 saturated carbocycles. The lowest BCUT2D eigenvalue weighted by molar-refractivity contribution is 0.199. The van der Waals surface area contributed by atoms with Gasteiger partial charge in [0.05, 0.1) is 6.61 Å². The van der Waals surface area contributed by atoms with Crippen LogP contribution in [0, 0.1) is 0 Å². The van der Waals surface area contributed by atoms with Gasteiger partial charge in [-0.3, -0.25) is 4.79 Å². The summed E-state index contributed by atoms with van der Waals surface area (Å²) in [6.45, 7) is -0.933. The Labute approximate surface area is 58.1 Å². The van der Waals surface area contributed by atoms with E-state index in [1.807, 2.05) is 0 Å². The SMILES string of the molecule is NC(=O)S(=O)(=O)NCC[O]. The summed E-state index contributed by atoms with van der Waals surface area (Å²) in [7, 11) is -4.07. The van der Waals surface area contributed by atoms with Crippen LogP contribution in [0.4, 0.5) is 4.79 Å². The molecule has 0 saturated heterocycles. The third-order valence-corrected chi connectivity index (χ3v) is 1.77. The van der Waals surface area contributed by atoms with Gasteiger partial charge in [0.15, 0.2) is 0 Å². The minimum absolute atomic E-state index is 0.314. The van der Waals surface area contributed by atoms with Gasteiger partial charge in [-0.2, -0.15) is 0 Å². The summed E-state index contributed by atoms with van der Waals surface area (Å²) < 4.78 is 22.4. The van der Waals surface area contributed by atoms with E-state index in [4.69, 9.17) is 0 Å². The molecule has 0 unspecified atom stereocenters. The van der Waals surface area contributed by atoms with Gasteiger partial charge in [-0.25, -0.2) is 18.2 Å². The van der Waals surface area contributed by atoms with E-state index < -0.39 is 21.9 Å². The molecule has 0 fully saturated rings. The average molecular weight is 167 g/mol. The highest BCUT2D eigenvalue weighted by molar-refractivity contribution is 8.04. The topological polar surface area (TPSA) is 109 Å². The molecule has 0 bridgehead atoms. The molecule has 7 heteroatoms. The summed E-state index contributed by atoms with van der Waals surface area (Å²) >= 11 is 0. The van der Waals surface area contributed by atoms with Crippen LogP contribution in [0.25, 0.3) is 0 Å². The van der Waals surface area contributed by atoms with Crippen LogP contribution >= 0.6 is 0 Å². The quantitative estimate of drug-likeness (QED) is 0.529. The van der Waals surface area contributed by atoms with Crippen molar-refractivity contribution in [1.29, 1.82) is 0 Å². The standard InChI is InChI=1S/C3H7N2O4S/c4-3(7)10(8,9)5-1-2-6/h5H,1-2H2,(H2,4,7). The highest BCUT2D eigenvalue weighted by atomic mass is 32.2. The first-order valence-corrected chi connectivity index (χ1v) is 3.86. The minimum atomic E-state index is -4.07. The molecule has 6 nitrogen and oxygen atoms in total. The molecule has 59 valence electrons. The molecular formula is C3H7N2O4S. The second kappa shape index (κ2) is 3.49. The number of nitrogens with one attached hydrogen (secondary N) is 1. The van der Waals surface area contributed by atoms with Crippen molar-refractivity contribution in [2.24, 2.45) is 5.73 Å². The van der Waals surface area contributed by atoms with Gasteiger partial charge in [0, 0.05) is 6.54 Å². The number of carbonyl (C=O) groups excluding carboxylic acids is 1. The number of amides is 1. The molecule has 0 aromatic rings. The van der Waals surface area contributed by atoms with Crippen molar-refractivity contribution in [2.75, 3.05) is 13.2 Å². The number of rotatable bonds is 3. The van der Waals surface area contributed by atoms with Gasteiger partial charge in [-0.15, -0.1) is 0 Å². The zero-order valence-corrected chi connectivity index (χ0v) is 5.85. The van der Waals surface area contributed by atoms with Crippen molar-refractivity contribution in [3.8, 4) is 0 Å². The van der Waals surface area contributed by atoms with E-state index in [-0.39, 0.29) is 6.54 Å². The number of sulfonamides is 1. The van der Waals surface area contributed by atoms with Crippen LogP contribution in [0.5, 0.6) is 0 Å². The molecule has 0 aliphatic carbocycles. The number of hydrogen-bond acceptors (Lipinski definition) is 3. The van der Waals surface area contributed by atoms with E-state index in [0.29, 0.717) is 0 Å². The molecule has 1 radical (unpaired) electrons. The maximum atomic E-state index is 10.4. The van der Waals surface area contributed by atoms with E-state index in [2.05, 4.69) is 5.73 Å². The van der Waals surface area contributed by atoms with Crippen LogP contribution in [-0.4, -0.2) is 26.8 Å². The molecule has 0 rings (SSSR count). The number of carbonyl (C=O) groups is 1. The normalized spacial score (nSPS) is 11.3. The Hall–Kier alpha value is -0.660. The largest absolute Gasteiger partial charge is 0.355 e. The van der Waals surface area contributed by atoms with E-state index in [1.165, 1.54) is 0 Å².